The van der Waals surface area contributed by atoms with E-state index in [2.05, 4.69) is 4.98 Å². The molecule has 0 amide bonds. The Morgan fingerprint density at radius 2 is 2.33 bits per heavy atom. The number of aryl methyl sites for hydroxylation is 1. The molecule has 0 bridgehead atoms. The Bertz CT molecular complexity index is 558. The van der Waals surface area contributed by atoms with Gasteiger partial charge in [0.2, 0.25) is 11.6 Å². The van der Waals surface area contributed by atoms with Gasteiger partial charge >= 0.3 is 11.9 Å². The zero-order chi connectivity index (χ0) is 13.1. The lowest BCUT2D eigenvalue weighted by Crippen LogP contribution is -2.01. The number of carboxylic acids is 1. The lowest BCUT2D eigenvalue weighted by Gasteiger charge is -1.97. The van der Waals surface area contributed by atoms with Crippen LogP contribution in [0, 0.1) is 0 Å². The predicted molar refractivity (Wildman–Crippen MR) is 67.3 cm³/mol. The molecule has 1 N–H and O–H groups in total. The maximum Gasteiger partial charge on any atom is 0.362 e. The SMILES string of the molecule is CCOc1oc(-c2sccc2CC)nc1C(=O)O. The summed E-state index contributed by atoms with van der Waals surface area (Å²) in [4.78, 5) is 15.9. The van der Waals surface area contributed by atoms with E-state index in [0.717, 1.165) is 16.9 Å². The van der Waals surface area contributed by atoms with Gasteiger partial charge in [-0.3, -0.25) is 0 Å². The van der Waals surface area contributed by atoms with Crippen molar-refractivity contribution in [3.05, 3.63) is 22.7 Å². The molecule has 0 fully saturated rings. The van der Waals surface area contributed by atoms with Gasteiger partial charge in [-0.05, 0) is 30.4 Å². The number of oxazole rings is 1. The number of carboxylic acid groups (broad SMARTS) is 1. The van der Waals surface area contributed by atoms with E-state index >= 15 is 0 Å². The summed E-state index contributed by atoms with van der Waals surface area (Å²) >= 11 is 1.47. The van der Waals surface area contributed by atoms with Gasteiger partial charge in [-0.25, -0.2) is 4.79 Å². The second-order valence-electron chi connectivity index (χ2n) is 3.52. The maximum atomic E-state index is 11.0. The van der Waals surface area contributed by atoms with Gasteiger partial charge in [0.15, 0.2) is 0 Å². The van der Waals surface area contributed by atoms with E-state index in [1.54, 1.807) is 6.92 Å². The van der Waals surface area contributed by atoms with Gasteiger partial charge < -0.3 is 14.3 Å². The first-order chi connectivity index (χ1) is 8.67. The molecule has 0 atom stereocenters. The van der Waals surface area contributed by atoms with E-state index in [1.165, 1.54) is 11.3 Å². The van der Waals surface area contributed by atoms with Crippen LogP contribution in [0.3, 0.4) is 0 Å². The van der Waals surface area contributed by atoms with Crippen LogP contribution in [0.25, 0.3) is 10.8 Å². The van der Waals surface area contributed by atoms with E-state index in [-0.39, 0.29) is 11.6 Å². The maximum absolute atomic E-state index is 11.0. The summed E-state index contributed by atoms with van der Waals surface area (Å²) in [5.41, 5.74) is 0.906. The molecule has 0 aliphatic heterocycles. The predicted octanol–water partition coefficient (Wildman–Crippen LogP) is 3.06. The molecule has 96 valence electrons. The molecular weight excluding hydrogens is 254 g/mol. The highest BCUT2D eigenvalue weighted by Crippen LogP contribution is 2.33. The number of thiophene rings is 1. The summed E-state index contributed by atoms with van der Waals surface area (Å²) in [6, 6.07) is 1.98. The highest BCUT2D eigenvalue weighted by Gasteiger charge is 2.23. The minimum Gasteiger partial charge on any atom is -0.476 e. The summed E-state index contributed by atoms with van der Waals surface area (Å²) in [6.07, 6.45) is 0.841. The average Bonchev–Trinajstić information content (AvgIpc) is 2.94. The molecule has 2 aromatic rings. The molecule has 0 saturated heterocycles. The van der Waals surface area contributed by atoms with Gasteiger partial charge in [-0.1, -0.05) is 6.92 Å². The molecule has 0 unspecified atom stereocenters. The summed E-state index contributed by atoms with van der Waals surface area (Å²) in [5.74, 6) is -0.874. The third-order valence-electron chi connectivity index (χ3n) is 2.40. The van der Waals surface area contributed by atoms with Gasteiger partial charge in [-0.15, -0.1) is 11.3 Å². The Kier molecular flexibility index (Phi) is 3.66. The monoisotopic (exact) mass is 267 g/mol. The molecule has 0 spiro atoms. The lowest BCUT2D eigenvalue weighted by atomic mass is 10.2. The molecule has 18 heavy (non-hydrogen) atoms. The number of hydrogen-bond acceptors (Lipinski definition) is 5. The number of hydrogen-bond donors (Lipinski definition) is 1. The van der Waals surface area contributed by atoms with Crippen LogP contribution in [0.1, 0.15) is 29.9 Å². The fraction of sp³-hybridized carbons (Fsp3) is 0.333. The number of aromatic nitrogens is 1. The topological polar surface area (TPSA) is 72.6 Å². The molecule has 2 aromatic heterocycles. The fourth-order valence-electron chi connectivity index (χ4n) is 1.57. The van der Waals surface area contributed by atoms with E-state index in [4.69, 9.17) is 14.3 Å². The van der Waals surface area contributed by atoms with Crippen LogP contribution in [-0.2, 0) is 6.42 Å². The van der Waals surface area contributed by atoms with Crippen molar-refractivity contribution in [1.82, 2.24) is 4.98 Å². The van der Waals surface area contributed by atoms with Crippen LogP contribution in [0.4, 0.5) is 0 Å². The van der Waals surface area contributed by atoms with Gasteiger partial charge in [0.05, 0.1) is 11.5 Å². The Morgan fingerprint density at radius 1 is 1.56 bits per heavy atom. The molecular formula is C12H13NO4S. The first-order valence-electron chi connectivity index (χ1n) is 5.61. The minimum absolute atomic E-state index is 0.0320. The van der Waals surface area contributed by atoms with Crippen LogP contribution in [0.15, 0.2) is 15.9 Å². The number of ether oxygens (including phenoxy) is 1. The first kappa shape index (κ1) is 12.6. The van der Waals surface area contributed by atoms with E-state index < -0.39 is 5.97 Å². The van der Waals surface area contributed by atoms with E-state index in [0.29, 0.717) is 12.5 Å². The Labute approximate surface area is 108 Å². The summed E-state index contributed by atoms with van der Waals surface area (Å²) in [5, 5.41) is 11.0. The first-order valence-corrected chi connectivity index (χ1v) is 6.49. The van der Waals surface area contributed by atoms with Crippen LogP contribution < -0.4 is 4.74 Å². The van der Waals surface area contributed by atoms with Gasteiger partial charge in [0.1, 0.15) is 0 Å². The van der Waals surface area contributed by atoms with Gasteiger partial charge in [0.25, 0.3) is 0 Å². The van der Waals surface area contributed by atoms with Crippen molar-refractivity contribution in [2.45, 2.75) is 20.3 Å². The standard InChI is InChI=1S/C12H13NO4S/c1-3-7-5-6-18-9(7)10-13-8(11(14)15)12(17-10)16-4-2/h5-6H,3-4H2,1-2H3,(H,14,15). The Hall–Kier alpha value is -1.82. The van der Waals surface area contributed by atoms with Crippen LogP contribution in [0.5, 0.6) is 5.95 Å². The zero-order valence-electron chi connectivity index (χ0n) is 10.1. The third-order valence-corrected chi connectivity index (χ3v) is 3.34. The Balaban J connectivity index is 2.46. The summed E-state index contributed by atoms with van der Waals surface area (Å²) in [6.45, 7) is 4.12. The normalized spacial score (nSPS) is 10.6. The van der Waals surface area contributed by atoms with Crippen molar-refractivity contribution in [2.24, 2.45) is 0 Å². The summed E-state index contributed by atoms with van der Waals surface area (Å²) in [7, 11) is 0. The van der Waals surface area contributed by atoms with Crippen molar-refractivity contribution in [1.29, 1.82) is 0 Å². The molecule has 0 aromatic carbocycles. The number of aromatic carboxylic acids is 1. The second-order valence-corrected chi connectivity index (χ2v) is 4.44. The number of rotatable bonds is 5. The molecule has 6 heteroatoms. The van der Waals surface area contributed by atoms with Gasteiger partial charge in [0, 0.05) is 0 Å². The number of nitrogens with zero attached hydrogens (tertiary/aromatic N) is 1. The number of carbonyl (C=O) groups is 1. The largest absolute Gasteiger partial charge is 0.476 e. The van der Waals surface area contributed by atoms with Crippen LogP contribution >= 0.6 is 11.3 Å². The van der Waals surface area contributed by atoms with Crippen molar-refractivity contribution in [3.8, 4) is 16.7 Å². The smallest absolute Gasteiger partial charge is 0.362 e. The molecule has 0 aliphatic rings. The van der Waals surface area contributed by atoms with Crippen molar-refractivity contribution in [3.63, 3.8) is 0 Å². The molecule has 0 radical (unpaired) electrons. The average molecular weight is 267 g/mol. The molecule has 0 saturated carbocycles. The van der Waals surface area contributed by atoms with Gasteiger partial charge in [-0.2, -0.15) is 4.98 Å². The zero-order valence-corrected chi connectivity index (χ0v) is 10.9. The highest BCUT2D eigenvalue weighted by atomic mass is 32.1. The fourth-order valence-corrected chi connectivity index (χ4v) is 2.49. The van der Waals surface area contributed by atoms with Crippen LogP contribution in [-0.4, -0.2) is 22.7 Å². The van der Waals surface area contributed by atoms with Crippen LogP contribution in [0.2, 0.25) is 0 Å². The van der Waals surface area contributed by atoms with E-state index in [9.17, 15) is 4.79 Å². The minimum atomic E-state index is -1.15. The summed E-state index contributed by atoms with van der Waals surface area (Å²) < 4.78 is 10.5. The quantitative estimate of drug-likeness (QED) is 0.901. The molecule has 2 heterocycles. The Morgan fingerprint density at radius 3 is 2.94 bits per heavy atom. The van der Waals surface area contributed by atoms with Crippen molar-refractivity contribution < 1.29 is 19.1 Å². The highest BCUT2D eigenvalue weighted by molar-refractivity contribution is 7.13. The van der Waals surface area contributed by atoms with Crippen molar-refractivity contribution in [2.75, 3.05) is 6.61 Å². The molecule has 0 aliphatic carbocycles. The second kappa shape index (κ2) is 5.22. The molecule has 2 rings (SSSR count). The van der Waals surface area contributed by atoms with Crippen molar-refractivity contribution >= 4 is 17.3 Å². The molecule has 5 nitrogen and oxygen atoms in total. The third kappa shape index (κ3) is 2.24. The lowest BCUT2D eigenvalue weighted by molar-refractivity contribution is 0.0683. The van der Waals surface area contributed by atoms with E-state index in [1.807, 2.05) is 18.4 Å².